The van der Waals surface area contributed by atoms with Gasteiger partial charge in [0.1, 0.15) is 12.1 Å². The Morgan fingerprint density at radius 2 is 1.85 bits per heavy atom. The Labute approximate surface area is 189 Å². The van der Waals surface area contributed by atoms with Gasteiger partial charge in [0.25, 0.3) is 5.91 Å². The van der Waals surface area contributed by atoms with E-state index in [0.717, 1.165) is 12.1 Å². The van der Waals surface area contributed by atoms with Gasteiger partial charge in [0.05, 0.1) is 36.5 Å². The van der Waals surface area contributed by atoms with Crippen LogP contribution in [0.25, 0.3) is 0 Å². The highest BCUT2D eigenvalue weighted by Gasteiger charge is 2.51. The first-order valence-electron chi connectivity index (χ1n) is 10.4. The van der Waals surface area contributed by atoms with E-state index >= 15 is 0 Å². The maximum atomic E-state index is 12.8. The molecule has 2 N–H and O–H groups in total. The number of carbonyl (C=O) groups excluding carboxylic acids is 1. The van der Waals surface area contributed by atoms with Gasteiger partial charge in [-0.2, -0.15) is 18.3 Å². The van der Waals surface area contributed by atoms with Crippen molar-refractivity contribution in [2.24, 2.45) is 5.41 Å². The number of likely N-dealkylation sites (tertiary alicyclic amines) is 1. The molecule has 1 saturated heterocycles. The molecule has 1 aliphatic heterocycles. The average Bonchev–Trinajstić information content (AvgIpc) is 3.36. The lowest BCUT2D eigenvalue weighted by molar-refractivity contribution is -0.137. The Kier molecular flexibility index (Phi) is 6.73. The van der Waals surface area contributed by atoms with Crippen molar-refractivity contribution < 1.29 is 32.6 Å². The molecule has 2 aromatic rings. The van der Waals surface area contributed by atoms with E-state index in [-0.39, 0.29) is 19.1 Å². The van der Waals surface area contributed by atoms with E-state index in [0.29, 0.717) is 11.1 Å². The summed E-state index contributed by atoms with van der Waals surface area (Å²) in [5, 5.41) is 16.6. The van der Waals surface area contributed by atoms with Crippen LogP contribution in [0.2, 0.25) is 0 Å². The number of halogens is 3. The van der Waals surface area contributed by atoms with Crippen molar-refractivity contribution in [3.05, 3.63) is 53.3 Å². The molecule has 8 nitrogen and oxygen atoms in total. The average molecular weight is 468 g/mol. The molecule has 0 saturated carbocycles. The molecule has 1 fully saturated rings. The van der Waals surface area contributed by atoms with Crippen molar-refractivity contribution >= 4 is 12.0 Å². The highest BCUT2D eigenvalue weighted by Crippen LogP contribution is 2.41. The van der Waals surface area contributed by atoms with Crippen molar-refractivity contribution in [3.63, 3.8) is 0 Å². The number of rotatable bonds is 5. The summed E-state index contributed by atoms with van der Waals surface area (Å²) in [6.07, 6.45) is -3.23. The quantitative estimate of drug-likeness (QED) is 0.696. The first-order chi connectivity index (χ1) is 15.3. The highest BCUT2D eigenvalue weighted by atomic mass is 19.4. The van der Waals surface area contributed by atoms with E-state index in [1.165, 1.54) is 30.3 Å². The van der Waals surface area contributed by atoms with Gasteiger partial charge in [0.15, 0.2) is 0 Å². The maximum absolute atomic E-state index is 12.8. The number of ether oxygens (including phenoxy) is 1. The number of hydrogen-bond donors (Lipinski definition) is 2. The number of carbonyl (C=O) groups is 2. The zero-order valence-corrected chi connectivity index (χ0v) is 18.8. The number of amides is 2. The van der Waals surface area contributed by atoms with Crippen molar-refractivity contribution in [3.8, 4) is 0 Å². The lowest BCUT2D eigenvalue weighted by atomic mass is 9.82. The summed E-state index contributed by atoms with van der Waals surface area (Å²) in [4.78, 5) is 25.3. The fourth-order valence-corrected chi connectivity index (χ4v) is 4.20. The van der Waals surface area contributed by atoms with E-state index in [9.17, 15) is 27.9 Å². The van der Waals surface area contributed by atoms with Crippen LogP contribution in [0.3, 0.4) is 0 Å². The Morgan fingerprint density at radius 3 is 2.36 bits per heavy atom. The van der Waals surface area contributed by atoms with Crippen molar-refractivity contribution in [2.75, 3.05) is 13.6 Å². The Morgan fingerprint density at radius 1 is 1.21 bits per heavy atom. The molecule has 1 aliphatic rings. The van der Waals surface area contributed by atoms with Gasteiger partial charge >= 0.3 is 12.3 Å². The van der Waals surface area contributed by atoms with Crippen molar-refractivity contribution in [1.29, 1.82) is 0 Å². The fourth-order valence-electron chi connectivity index (χ4n) is 4.20. The summed E-state index contributed by atoms with van der Waals surface area (Å²) < 4.78 is 46.0. The van der Waals surface area contributed by atoms with Gasteiger partial charge in [-0.05, 0) is 23.1 Å². The van der Waals surface area contributed by atoms with Gasteiger partial charge in [-0.3, -0.25) is 14.4 Å². The maximum Gasteiger partial charge on any atom is 0.416 e. The smallest absolute Gasteiger partial charge is 0.416 e. The van der Waals surface area contributed by atoms with E-state index in [2.05, 4.69) is 10.4 Å². The summed E-state index contributed by atoms with van der Waals surface area (Å²) in [7, 11) is 1.50. The minimum Gasteiger partial charge on any atom is -0.465 e. The fraction of sp³-hybridized carbons (Fsp3) is 0.500. The number of benzene rings is 1. The molecule has 2 amide bonds. The van der Waals surface area contributed by atoms with Gasteiger partial charge in [0, 0.05) is 13.2 Å². The lowest BCUT2D eigenvalue weighted by Gasteiger charge is -2.37. The predicted octanol–water partition coefficient (Wildman–Crippen LogP) is 3.80. The minimum atomic E-state index is -4.43. The molecular formula is C22H27F3N4O4. The summed E-state index contributed by atoms with van der Waals surface area (Å²) >= 11 is 0. The summed E-state index contributed by atoms with van der Waals surface area (Å²) in [6.45, 7) is 5.76. The Balaban J connectivity index is 1.89. The van der Waals surface area contributed by atoms with E-state index in [1.54, 1.807) is 10.9 Å². The molecule has 0 bridgehead atoms. The SMILES string of the molecule is CNC(=O)c1cnn(C2C(OCc3ccc(C(F)(F)F)cc3)CN(C(=O)O)C2C(C)(C)C)c1. The Bertz CT molecular complexity index is 998. The predicted molar refractivity (Wildman–Crippen MR) is 113 cm³/mol. The van der Waals surface area contributed by atoms with Crippen LogP contribution in [-0.2, 0) is 17.5 Å². The molecule has 1 aromatic carbocycles. The molecule has 180 valence electrons. The number of carboxylic acid groups (broad SMARTS) is 1. The van der Waals surface area contributed by atoms with Crippen molar-refractivity contribution in [2.45, 2.75) is 51.7 Å². The van der Waals surface area contributed by atoms with Gasteiger partial charge < -0.3 is 15.2 Å². The monoisotopic (exact) mass is 468 g/mol. The molecule has 3 unspecified atom stereocenters. The van der Waals surface area contributed by atoms with Gasteiger partial charge in [0.2, 0.25) is 0 Å². The summed E-state index contributed by atoms with van der Waals surface area (Å²) in [6, 6.07) is 3.56. The number of hydrogen-bond acceptors (Lipinski definition) is 4. The third-order valence-corrected chi connectivity index (χ3v) is 5.69. The van der Waals surface area contributed by atoms with Crippen LogP contribution in [0, 0.1) is 5.41 Å². The van der Waals surface area contributed by atoms with Gasteiger partial charge in [-0.1, -0.05) is 32.9 Å². The van der Waals surface area contributed by atoms with Crippen LogP contribution in [0.5, 0.6) is 0 Å². The Hall–Kier alpha value is -3.08. The van der Waals surface area contributed by atoms with Crippen molar-refractivity contribution in [1.82, 2.24) is 20.0 Å². The van der Waals surface area contributed by atoms with E-state index in [1.807, 2.05) is 20.8 Å². The lowest BCUT2D eigenvalue weighted by Crippen LogP contribution is -2.46. The van der Waals surface area contributed by atoms with Gasteiger partial charge in [-0.25, -0.2) is 4.79 Å². The number of aromatic nitrogens is 2. The molecule has 0 spiro atoms. The first-order valence-corrected chi connectivity index (χ1v) is 10.4. The molecule has 0 aliphatic carbocycles. The second-order valence-electron chi connectivity index (χ2n) is 9.07. The molecule has 33 heavy (non-hydrogen) atoms. The molecule has 2 heterocycles. The summed E-state index contributed by atoms with van der Waals surface area (Å²) in [5.41, 5.74) is -0.405. The molecular weight excluding hydrogens is 441 g/mol. The summed E-state index contributed by atoms with van der Waals surface area (Å²) in [5.74, 6) is -0.330. The zero-order chi connectivity index (χ0) is 24.6. The second kappa shape index (κ2) is 9.05. The molecule has 0 radical (unpaired) electrons. The van der Waals surface area contributed by atoms with Crippen LogP contribution in [0.1, 0.15) is 48.3 Å². The van der Waals surface area contributed by atoms with Crippen LogP contribution in [-0.4, -0.2) is 57.5 Å². The highest BCUT2D eigenvalue weighted by molar-refractivity contribution is 5.93. The number of nitrogens with one attached hydrogen (secondary N) is 1. The molecule has 3 atom stereocenters. The van der Waals surface area contributed by atoms with Crippen LogP contribution in [0.4, 0.5) is 18.0 Å². The topological polar surface area (TPSA) is 96.7 Å². The minimum absolute atomic E-state index is 0.00675. The largest absolute Gasteiger partial charge is 0.465 e. The van der Waals surface area contributed by atoms with Crippen LogP contribution < -0.4 is 5.32 Å². The van der Waals surface area contributed by atoms with E-state index in [4.69, 9.17) is 4.74 Å². The third-order valence-electron chi connectivity index (χ3n) is 5.69. The van der Waals surface area contributed by atoms with E-state index < -0.39 is 41.4 Å². The normalized spacial score (nSPS) is 21.3. The second-order valence-corrected chi connectivity index (χ2v) is 9.07. The molecule has 11 heteroatoms. The molecule has 1 aromatic heterocycles. The van der Waals surface area contributed by atoms with Gasteiger partial charge in [-0.15, -0.1) is 0 Å². The molecule has 3 rings (SSSR count). The standard InChI is InChI=1S/C22H27F3N4O4/c1-21(2,3)18-17(29-10-14(9-27-29)19(30)26-4)16(11-28(18)20(31)32)33-12-13-5-7-15(8-6-13)22(23,24)25/h5-10,16-18H,11-12H2,1-4H3,(H,26,30)(H,31,32). The number of alkyl halides is 3. The van der Waals surface area contributed by atoms with Crippen LogP contribution >= 0.6 is 0 Å². The third kappa shape index (κ3) is 5.29. The zero-order valence-electron chi connectivity index (χ0n) is 18.8. The number of nitrogens with zero attached hydrogens (tertiary/aromatic N) is 3. The first kappa shape index (κ1) is 24.6. The van der Waals surface area contributed by atoms with Crippen LogP contribution in [0.15, 0.2) is 36.7 Å².